The number of hydrogen-bond donors (Lipinski definition) is 0. The summed E-state index contributed by atoms with van der Waals surface area (Å²) in [5, 5.41) is 6.53. The Hall–Kier alpha value is -2.36. The number of halogens is 4. The quantitative estimate of drug-likeness (QED) is 0.317. The van der Waals surface area contributed by atoms with Gasteiger partial charge in [-0.25, -0.2) is 0 Å². The number of rotatable bonds is 6. The minimum absolute atomic E-state index is 0.694. The summed E-state index contributed by atoms with van der Waals surface area (Å²) < 4.78 is 51.7. The molecular formula is C16H19BF4N2O2S. The Morgan fingerprint density at radius 3 is 2.38 bits per heavy atom. The topological polar surface area (TPSA) is 35.2 Å². The highest BCUT2D eigenvalue weighted by Gasteiger charge is 2.20. The molecule has 0 aliphatic heterocycles. The van der Waals surface area contributed by atoms with E-state index in [0.717, 1.165) is 27.1 Å². The predicted molar refractivity (Wildman–Crippen MR) is 95.9 cm³/mol. The van der Waals surface area contributed by atoms with Gasteiger partial charge in [-0.2, -0.15) is 0 Å². The Balaban J connectivity index is 0.000000597. The van der Waals surface area contributed by atoms with Crippen molar-refractivity contribution in [3.8, 4) is 11.5 Å². The first-order chi connectivity index (χ1) is 12.2. The standard InChI is InChI=1S/C16H19N2O2S.BF4/c1-5-11-18-15(21-12(2)17-18)10-9-13-7-6-8-14(19-3)16(13)20-4;2-1(3,4)5/h5-10H,1,11H2,2-4H3;/q+1;-1/b10-9+;. The van der Waals surface area contributed by atoms with Gasteiger partial charge in [-0.1, -0.05) is 23.4 Å². The van der Waals surface area contributed by atoms with Crippen LogP contribution >= 0.6 is 11.3 Å². The van der Waals surface area contributed by atoms with Crippen molar-refractivity contribution in [2.45, 2.75) is 13.5 Å². The molecule has 0 saturated carbocycles. The van der Waals surface area contributed by atoms with E-state index in [1.807, 2.05) is 48.0 Å². The number of hydrogen-bond acceptors (Lipinski definition) is 4. The van der Waals surface area contributed by atoms with Gasteiger partial charge >= 0.3 is 7.25 Å². The average molecular weight is 390 g/mol. The minimum atomic E-state index is -6.00. The maximum atomic E-state index is 9.75. The van der Waals surface area contributed by atoms with E-state index in [0.29, 0.717) is 6.54 Å². The normalized spacial score (nSPS) is 11.0. The number of aromatic nitrogens is 2. The van der Waals surface area contributed by atoms with Crippen molar-refractivity contribution in [1.29, 1.82) is 0 Å². The van der Waals surface area contributed by atoms with E-state index in [2.05, 4.69) is 11.7 Å². The van der Waals surface area contributed by atoms with Crippen LogP contribution in [-0.2, 0) is 6.54 Å². The Kier molecular flexibility index (Phi) is 8.30. The summed E-state index contributed by atoms with van der Waals surface area (Å²) in [5.74, 6) is 1.45. The van der Waals surface area contributed by atoms with Crippen LogP contribution in [0.15, 0.2) is 30.9 Å². The average Bonchev–Trinajstić information content (AvgIpc) is 2.90. The molecule has 1 aromatic heterocycles. The third-order valence-electron chi connectivity index (χ3n) is 2.91. The molecule has 0 saturated heterocycles. The van der Waals surface area contributed by atoms with Crippen molar-refractivity contribution in [3.05, 3.63) is 46.4 Å². The minimum Gasteiger partial charge on any atom is -0.493 e. The number of aryl methyl sites for hydroxylation is 1. The fourth-order valence-corrected chi connectivity index (χ4v) is 2.82. The molecule has 0 unspecified atom stereocenters. The molecule has 0 aliphatic carbocycles. The van der Waals surface area contributed by atoms with Gasteiger partial charge < -0.3 is 26.7 Å². The lowest BCUT2D eigenvalue weighted by Gasteiger charge is -2.09. The first-order valence-corrected chi connectivity index (χ1v) is 8.26. The lowest BCUT2D eigenvalue weighted by atomic mass is 10.1. The lowest BCUT2D eigenvalue weighted by molar-refractivity contribution is -0.741. The van der Waals surface area contributed by atoms with Gasteiger partial charge in [-0.05, 0) is 36.5 Å². The fraction of sp³-hybridized carbons (Fsp3) is 0.250. The maximum Gasteiger partial charge on any atom is 0.673 e. The monoisotopic (exact) mass is 390 g/mol. The van der Waals surface area contributed by atoms with Crippen molar-refractivity contribution in [2.24, 2.45) is 0 Å². The molecule has 26 heavy (non-hydrogen) atoms. The Labute approximate surface area is 153 Å². The lowest BCUT2D eigenvalue weighted by Crippen LogP contribution is -2.37. The number of benzene rings is 1. The first-order valence-electron chi connectivity index (χ1n) is 7.44. The van der Waals surface area contributed by atoms with Gasteiger partial charge in [0, 0.05) is 16.7 Å². The summed E-state index contributed by atoms with van der Waals surface area (Å²) in [6.45, 7) is 6.45. The van der Waals surface area contributed by atoms with Gasteiger partial charge in [0.25, 0.3) is 5.01 Å². The smallest absolute Gasteiger partial charge is 0.493 e. The van der Waals surface area contributed by atoms with Crippen molar-refractivity contribution >= 4 is 30.7 Å². The van der Waals surface area contributed by atoms with Crippen LogP contribution in [0.2, 0.25) is 0 Å². The predicted octanol–water partition coefficient (Wildman–Crippen LogP) is 4.41. The van der Waals surface area contributed by atoms with Crippen LogP contribution < -0.4 is 14.2 Å². The molecule has 0 spiro atoms. The van der Waals surface area contributed by atoms with Gasteiger partial charge in [-0.3, -0.25) is 0 Å². The second-order valence-corrected chi connectivity index (χ2v) is 6.05. The molecule has 0 radical (unpaired) electrons. The zero-order chi connectivity index (χ0) is 19.7. The van der Waals surface area contributed by atoms with Crippen molar-refractivity contribution in [2.75, 3.05) is 14.2 Å². The maximum absolute atomic E-state index is 9.75. The molecule has 142 valence electrons. The van der Waals surface area contributed by atoms with Gasteiger partial charge in [0.05, 0.1) is 14.2 Å². The van der Waals surface area contributed by atoms with Crippen LogP contribution in [0.25, 0.3) is 12.2 Å². The van der Waals surface area contributed by atoms with Gasteiger partial charge in [0.15, 0.2) is 23.1 Å². The van der Waals surface area contributed by atoms with E-state index in [1.54, 1.807) is 25.6 Å². The van der Waals surface area contributed by atoms with Crippen LogP contribution in [0, 0.1) is 6.92 Å². The fourth-order valence-electron chi connectivity index (χ4n) is 2.02. The second-order valence-electron chi connectivity index (χ2n) is 4.84. The molecule has 2 rings (SSSR count). The van der Waals surface area contributed by atoms with E-state index in [4.69, 9.17) is 9.47 Å². The number of methoxy groups -OCH3 is 2. The molecule has 0 aliphatic rings. The third kappa shape index (κ3) is 7.26. The highest BCUT2D eigenvalue weighted by molar-refractivity contribution is 7.11. The van der Waals surface area contributed by atoms with E-state index in [-0.39, 0.29) is 0 Å². The summed E-state index contributed by atoms with van der Waals surface area (Å²) in [6, 6.07) is 5.81. The van der Waals surface area contributed by atoms with Crippen LogP contribution in [-0.4, -0.2) is 26.6 Å². The summed E-state index contributed by atoms with van der Waals surface area (Å²) in [6.07, 6.45) is 5.88. The molecule has 2 aromatic rings. The number of ether oxygens (including phenoxy) is 2. The first kappa shape index (κ1) is 21.7. The van der Waals surface area contributed by atoms with Crippen LogP contribution in [0.5, 0.6) is 11.5 Å². The molecule has 0 atom stereocenters. The second kappa shape index (κ2) is 9.96. The highest BCUT2D eigenvalue weighted by Crippen LogP contribution is 2.31. The van der Waals surface area contributed by atoms with Crippen molar-refractivity contribution in [3.63, 3.8) is 0 Å². The zero-order valence-electron chi connectivity index (χ0n) is 14.6. The number of nitrogens with zero attached hydrogens (tertiary/aromatic N) is 2. The summed E-state index contributed by atoms with van der Waals surface area (Å²) >= 11 is 1.64. The zero-order valence-corrected chi connectivity index (χ0v) is 15.4. The van der Waals surface area contributed by atoms with E-state index in [1.165, 1.54) is 0 Å². The molecule has 0 fully saturated rings. The van der Waals surface area contributed by atoms with E-state index in [9.17, 15) is 17.3 Å². The van der Waals surface area contributed by atoms with Crippen LogP contribution in [0.3, 0.4) is 0 Å². The molecule has 0 bridgehead atoms. The number of para-hydroxylation sites is 1. The molecular weight excluding hydrogens is 371 g/mol. The summed E-state index contributed by atoms with van der Waals surface area (Å²) in [7, 11) is -2.72. The van der Waals surface area contributed by atoms with Crippen molar-refractivity contribution in [1.82, 2.24) is 5.10 Å². The Bertz CT molecular complexity index is 757. The number of allylic oxidation sites excluding steroid dienone is 1. The molecule has 4 nitrogen and oxygen atoms in total. The van der Waals surface area contributed by atoms with Crippen LogP contribution in [0.4, 0.5) is 17.3 Å². The third-order valence-corrected chi connectivity index (χ3v) is 3.84. The summed E-state index contributed by atoms with van der Waals surface area (Å²) in [5.41, 5.74) is 0.966. The molecule has 10 heteroatoms. The largest absolute Gasteiger partial charge is 0.673 e. The van der Waals surface area contributed by atoms with Gasteiger partial charge in [0.1, 0.15) is 0 Å². The summed E-state index contributed by atoms with van der Waals surface area (Å²) in [4.78, 5) is 0. The van der Waals surface area contributed by atoms with E-state index >= 15 is 0 Å². The molecule has 1 aromatic carbocycles. The molecule has 0 N–H and O–H groups in total. The van der Waals surface area contributed by atoms with Gasteiger partial charge in [0.2, 0.25) is 0 Å². The van der Waals surface area contributed by atoms with Crippen LogP contribution in [0.1, 0.15) is 15.6 Å². The molecule has 0 amide bonds. The van der Waals surface area contributed by atoms with E-state index < -0.39 is 7.25 Å². The Morgan fingerprint density at radius 2 is 1.85 bits per heavy atom. The van der Waals surface area contributed by atoms with Crippen molar-refractivity contribution < 1.29 is 31.4 Å². The Morgan fingerprint density at radius 1 is 1.19 bits per heavy atom. The molecule has 1 heterocycles. The van der Waals surface area contributed by atoms with Gasteiger partial charge in [-0.15, -0.1) is 0 Å². The SMILES string of the molecule is C=CC[n+]1nc(C)sc1/C=C/c1cccc(OC)c1OC.F[B-](F)(F)F. The highest BCUT2D eigenvalue weighted by atomic mass is 32.1.